The van der Waals surface area contributed by atoms with Gasteiger partial charge in [-0.1, -0.05) is 13.8 Å². The van der Waals surface area contributed by atoms with E-state index in [4.69, 9.17) is 4.98 Å². The first-order valence-corrected chi connectivity index (χ1v) is 7.76. The van der Waals surface area contributed by atoms with Crippen LogP contribution in [0.4, 0.5) is 0 Å². The van der Waals surface area contributed by atoms with E-state index in [9.17, 15) is 0 Å². The van der Waals surface area contributed by atoms with Crippen LogP contribution in [0.3, 0.4) is 0 Å². The highest BCUT2D eigenvalue weighted by atomic mass is 32.1. The molecular formula is C14H22N2S. The minimum atomic E-state index is 0.690. The topological polar surface area (TPSA) is 24.9 Å². The van der Waals surface area contributed by atoms with E-state index in [-0.39, 0.29) is 0 Å². The van der Waals surface area contributed by atoms with Gasteiger partial charge in [-0.2, -0.15) is 0 Å². The molecule has 1 aromatic heterocycles. The molecule has 0 saturated carbocycles. The molecule has 1 aliphatic carbocycles. The quantitative estimate of drug-likeness (QED) is 0.872. The molecule has 1 saturated heterocycles. The summed E-state index contributed by atoms with van der Waals surface area (Å²) in [5.41, 5.74) is 1.41. The predicted octanol–water partition coefficient (Wildman–Crippen LogP) is 3.12. The zero-order valence-corrected chi connectivity index (χ0v) is 11.6. The van der Waals surface area contributed by atoms with Crippen molar-refractivity contribution in [1.29, 1.82) is 0 Å². The van der Waals surface area contributed by atoms with Gasteiger partial charge < -0.3 is 5.32 Å². The second-order valence-corrected chi connectivity index (χ2v) is 6.98. The van der Waals surface area contributed by atoms with E-state index in [1.165, 1.54) is 42.9 Å². The van der Waals surface area contributed by atoms with Crippen LogP contribution >= 0.6 is 11.3 Å². The van der Waals surface area contributed by atoms with Gasteiger partial charge in [-0.15, -0.1) is 11.3 Å². The summed E-state index contributed by atoms with van der Waals surface area (Å²) in [6, 6.07) is 0.690. The number of nitrogens with one attached hydrogen (secondary N) is 1. The van der Waals surface area contributed by atoms with E-state index >= 15 is 0 Å². The maximum absolute atomic E-state index is 4.89. The first-order valence-electron chi connectivity index (χ1n) is 6.94. The number of hydrogen-bond donors (Lipinski definition) is 1. The molecule has 2 aliphatic rings. The lowest BCUT2D eigenvalue weighted by atomic mass is 9.86. The fourth-order valence-corrected chi connectivity index (χ4v) is 4.54. The van der Waals surface area contributed by atoms with Crippen LogP contribution < -0.4 is 5.32 Å². The Kier molecular flexibility index (Phi) is 3.22. The molecule has 3 rings (SSSR count). The summed E-state index contributed by atoms with van der Waals surface area (Å²) in [7, 11) is 0. The van der Waals surface area contributed by atoms with E-state index in [1.54, 1.807) is 4.88 Å². The zero-order chi connectivity index (χ0) is 11.8. The highest BCUT2D eigenvalue weighted by molar-refractivity contribution is 7.11. The van der Waals surface area contributed by atoms with Crippen LogP contribution in [0.2, 0.25) is 0 Å². The predicted molar refractivity (Wildman–Crippen MR) is 72.7 cm³/mol. The largest absolute Gasteiger partial charge is 0.314 e. The lowest BCUT2D eigenvalue weighted by Crippen LogP contribution is -2.23. The van der Waals surface area contributed by atoms with Gasteiger partial charge in [-0.3, -0.25) is 0 Å². The van der Waals surface area contributed by atoms with Gasteiger partial charge in [0.2, 0.25) is 0 Å². The normalized spacial score (nSPS) is 32.7. The van der Waals surface area contributed by atoms with Gasteiger partial charge in [-0.05, 0) is 44.1 Å². The standard InChI is InChI=1S/C14H22N2S/c1-9-6-10(2)14-12(7-9)16-13(17-14)8-11-4-3-5-15-11/h9-11,15H,3-8H2,1-2H3. The molecule has 1 aromatic rings. The third kappa shape index (κ3) is 2.41. The van der Waals surface area contributed by atoms with Gasteiger partial charge in [0.25, 0.3) is 0 Å². The first-order chi connectivity index (χ1) is 8.22. The number of rotatable bonds is 2. The minimum absolute atomic E-state index is 0.690. The van der Waals surface area contributed by atoms with Crippen molar-refractivity contribution in [3.05, 3.63) is 15.6 Å². The van der Waals surface area contributed by atoms with E-state index in [1.807, 2.05) is 11.3 Å². The Morgan fingerprint density at radius 2 is 2.29 bits per heavy atom. The van der Waals surface area contributed by atoms with Crippen LogP contribution in [0.1, 0.15) is 54.6 Å². The molecule has 1 fully saturated rings. The Labute approximate surface area is 108 Å². The Balaban J connectivity index is 1.76. The number of nitrogens with zero attached hydrogens (tertiary/aromatic N) is 1. The molecule has 0 amide bonds. The lowest BCUT2D eigenvalue weighted by Gasteiger charge is -2.22. The van der Waals surface area contributed by atoms with Gasteiger partial charge in [0, 0.05) is 17.3 Å². The van der Waals surface area contributed by atoms with Gasteiger partial charge >= 0.3 is 0 Å². The third-order valence-corrected chi connectivity index (χ3v) is 5.45. The van der Waals surface area contributed by atoms with Crippen LogP contribution in [-0.4, -0.2) is 17.6 Å². The molecule has 1 N–H and O–H groups in total. The molecule has 17 heavy (non-hydrogen) atoms. The summed E-state index contributed by atoms with van der Waals surface area (Å²) in [6.07, 6.45) is 6.36. The first kappa shape index (κ1) is 11.7. The van der Waals surface area contributed by atoms with Crippen molar-refractivity contribution in [2.75, 3.05) is 6.54 Å². The van der Waals surface area contributed by atoms with Crippen LogP contribution in [0.25, 0.3) is 0 Å². The molecule has 94 valence electrons. The molecule has 3 heteroatoms. The molecule has 3 atom stereocenters. The van der Waals surface area contributed by atoms with Crippen LogP contribution in [0, 0.1) is 5.92 Å². The Morgan fingerprint density at radius 3 is 3.06 bits per heavy atom. The average Bonchev–Trinajstić information content (AvgIpc) is 2.87. The summed E-state index contributed by atoms with van der Waals surface area (Å²) in [5.74, 6) is 1.55. The second kappa shape index (κ2) is 4.69. The van der Waals surface area contributed by atoms with Crippen molar-refractivity contribution in [3.8, 4) is 0 Å². The second-order valence-electron chi connectivity index (χ2n) is 5.86. The van der Waals surface area contributed by atoms with Crippen LogP contribution in [0.5, 0.6) is 0 Å². The number of fused-ring (bicyclic) bond motifs is 1. The zero-order valence-electron chi connectivity index (χ0n) is 10.8. The Hall–Kier alpha value is -0.410. The van der Waals surface area contributed by atoms with Crippen molar-refractivity contribution in [1.82, 2.24) is 10.3 Å². The highest BCUT2D eigenvalue weighted by Crippen LogP contribution is 2.38. The molecule has 1 aliphatic heterocycles. The van der Waals surface area contributed by atoms with Crippen molar-refractivity contribution in [2.24, 2.45) is 5.92 Å². The molecule has 2 nitrogen and oxygen atoms in total. The monoisotopic (exact) mass is 250 g/mol. The van der Waals surface area contributed by atoms with Gasteiger partial charge in [0.05, 0.1) is 10.7 Å². The lowest BCUT2D eigenvalue weighted by molar-refractivity contribution is 0.449. The molecule has 0 bridgehead atoms. The highest BCUT2D eigenvalue weighted by Gasteiger charge is 2.26. The molecular weight excluding hydrogens is 228 g/mol. The summed E-state index contributed by atoms with van der Waals surface area (Å²) in [6.45, 7) is 5.92. The average molecular weight is 250 g/mol. The van der Waals surface area contributed by atoms with Crippen molar-refractivity contribution >= 4 is 11.3 Å². The van der Waals surface area contributed by atoms with Crippen LogP contribution in [0.15, 0.2) is 0 Å². The van der Waals surface area contributed by atoms with Crippen molar-refractivity contribution in [3.63, 3.8) is 0 Å². The molecule has 0 spiro atoms. The summed E-state index contributed by atoms with van der Waals surface area (Å²) >= 11 is 1.98. The summed E-state index contributed by atoms with van der Waals surface area (Å²) < 4.78 is 0. The van der Waals surface area contributed by atoms with Gasteiger partial charge in [0.15, 0.2) is 0 Å². The van der Waals surface area contributed by atoms with E-state index in [2.05, 4.69) is 19.2 Å². The van der Waals surface area contributed by atoms with Crippen LogP contribution in [-0.2, 0) is 12.8 Å². The number of hydrogen-bond acceptors (Lipinski definition) is 3. The van der Waals surface area contributed by atoms with Crippen molar-refractivity contribution in [2.45, 2.75) is 57.9 Å². The summed E-state index contributed by atoms with van der Waals surface area (Å²) in [4.78, 5) is 6.47. The Bertz CT molecular complexity index is 393. The molecule has 3 unspecified atom stereocenters. The van der Waals surface area contributed by atoms with Gasteiger partial charge in [-0.25, -0.2) is 4.98 Å². The molecule has 0 radical (unpaired) electrons. The third-order valence-electron chi connectivity index (χ3n) is 4.10. The fourth-order valence-electron chi connectivity index (χ4n) is 3.30. The SMILES string of the molecule is CC1Cc2nc(CC3CCCN3)sc2C(C)C1. The van der Waals surface area contributed by atoms with E-state index in [0.29, 0.717) is 6.04 Å². The molecule has 2 heterocycles. The molecule has 0 aromatic carbocycles. The number of thiazole rings is 1. The smallest absolute Gasteiger partial charge is 0.0946 e. The minimum Gasteiger partial charge on any atom is -0.314 e. The van der Waals surface area contributed by atoms with Crippen molar-refractivity contribution < 1.29 is 0 Å². The fraction of sp³-hybridized carbons (Fsp3) is 0.786. The summed E-state index contributed by atoms with van der Waals surface area (Å²) in [5, 5.41) is 4.94. The Morgan fingerprint density at radius 1 is 1.41 bits per heavy atom. The maximum atomic E-state index is 4.89. The van der Waals surface area contributed by atoms with Gasteiger partial charge in [0.1, 0.15) is 0 Å². The van der Waals surface area contributed by atoms with E-state index in [0.717, 1.165) is 18.3 Å². The number of aromatic nitrogens is 1. The maximum Gasteiger partial charge on any atom is 0.0946 e. The van der Waals surface area contributed by atoms with E-state index < -0.39 is 0 Å².